The number of fused-ring (bicyclic) bond motifs is 2. The second-order valence-corrected chi connectivity index (χ2v) is 9.82. The highest BCUT2D eigenvalue weighted by Crippen LogP contribution is 2.41. The molecule has 0 atom stereocenters. The highest BCUT2D eigenvalue weighted by Gasteiger charge is 2.20. The van der Waals surface area contributed by atoms with Gasteiger partial charge >= 0.3 is 0 Å². The van der Waals surface area contributed by atoms with Crippen molar-refractivity contribution >= 4 is 40.9 Å². The number of nitrogens with two attached hydrogens (primary N) is 1. The van der Waals surface area contributed by atoms with E-state index in [1.807, 2.05) is 0 Å². The number of carbonyl (C=O) groups is 5. The minimum Gasteiger partial charge on any atom is -0.508 e. The third kappa shape index (κ3) is 7.82. The molecule has 0 saturated heterocycles. The smallest absolute Gasteiger partial charge is 0.251 e. The van der Waals surface area contributed by atoms with Crippen molar-refractivity contribution in [2.45, 2.75) is 25.7 Å². The predicted molar refractivity (Wildman–Crippen MR) is 158 cm³/mol. The molecule has 0 spiro atoms. The second-order valence-electron chi connectivity index (χ2n) is 9.82. The van der Waals surface area contributed by atoms with Crippen LogP contribution in [0.3, 0.4) is 0 Å². The molecule has 222 valence electrons. The fourth-order valence-corrected chi connectivity index (χ4v) is 4.59. The number of aldehydes is 1. The third-order valence-corrected chi connectivity index (χ3v) is 6.66. The van der Waals surface area contributed by atoms with Crippen LogP contribution in [-0.4, -0.2) is 54.7 Å². The van der Waals surface area contributed by atoms with Crippen molar-refractivity contribution in [3.8, 4) is 28.2 Å². The Balaban J connectivity index is 1.36. The highest BCUT2D eigenvalue weighted by atomic mass is 16.3. The summed E-state index contributed by atoms with van der Waals surface area (Å²) in [6.45, 7) is -0.194. The molecule has 6 N–H and O–H groups in total. The zero-order valence-corrected chi connectivity index (χ0v) is 23.1. The maximum absolute atomic E-state index is 12.8. The van der Waals surface area contributed by atoms with Crippen LogP contribution in [0, 0.1) is 0 Å². The number of benzene rings is 3. The van der Waals surface area contributed by atoms with Gasteiger partial charge in [-0.2, -0.15) is 0 Å². The first-order valence-electron chi connectivity index (χ1n) is 13.6. The van der Waals surface area contributed by atoms with Gasteiger partial charge in [-0.25, -0.2) is 0 Å². The van der Waals surface area contributed by atoms with Crippen LogP contribution in [0.5, 0.6) is 5.75 Å². The van der Waals surface area contributed by atoms with Gasteiger partial charge in [0.25, 0.3) is 5.91 Å². The van der Waals surface area contributed by atoms with Gasteiger partial charge in [0.15, 0.2) is 11.7 Å². The Morgan fingerprint density at radius 1 is 0.837 bits per heavy atom. The predicted octanol–water partition coefficient (Wildman–Crippen LogP) is 2.09. The van der Waals surface area contributed by atoms with Crippen molar-refractivity contribution in [2.75, 3.05) is 19.6 Å². The summed E-state index contributed by atoms with van der Waals surface area (Å²) in [5.41, 5.74) is 7.31. The average molecular weight is 587 g/mol. The van der Waals surface area contributed by atoms with E-state index in [0.29, 0.717) is 65.5 Å². The molecule has 2 aliphatic rings. The van der Waals surface area contributed by atoms with Crippen LogP contribution in [-0.2, 0) is 14.4 Å². The molecule has 0 bridgehead atoms. The van der Waals surface area contributed by atoms with Crippen molar-refractivity contribution < 1.29 is 33.5 Å². The zero-order chi connectivity index (χ0) is 30.9. The molecule has 1 heterocycles. The summed E-state index contributed by atoms with van der Waals surface area (Å²) >= 11 is 0. The number of unbranched alkanes of at least 4 members (excludes halogenated alkanes) is 2. The summed E-state index contributed by atoms with van der Waals surface area (Å²) in [5, 5.41) is 18.1. The molecule has 1 aliphatic carbocycles. The normalized spacial score (nSPS) is 10.8. The molecule has 43 heavy (non-hydrogen) atoms. The molecule has 0 fully saturated rings. The molecule has 0 unspecified atom stereocenters. The Morgan fingerprint density at radius 3 is 2.37 bits per heavy atom. The number of hydrogen-bond acceptors (Lipinski definition) is 8. The van der Waals surface area contributed by atoms with E-state index in [0.717, 1.165) is 0 Å². The van der Waals surface area contributed by atoms with E-state index in [2.05, 4.69) is 16.0 Å². The van der Waals surface area contributed by atoms with E-state index in [4.69, 9.17) is 10.2 Å². The number of phenolic OH excluding ortho intramolecular Hbond substituents is 1. The maximum Gasteiger partial charge on any atom is 0.251 e. The van der Waals surface area contributed by atoms with Gasteiger partial charge in [-0.1, -0.05) is 12.5 Å². The first-order chi connectivity index (χ1) is 20.7. The summed E-state index contributed by atoms with van der Waals surface area (Å²) < 4.78 is 5.86. The number of hydrogen-bond donors (Lipinski definition) is 5. The zero-order valence-electron chi connectivity index (χ0n) is 23.1. The number of primary amides is 1. The average Bonchev–Trinajstić information content (AvgIpc) is 2.98. The van der Waals surface area contributed by atoms with E-state index in [9.17, 15) is 33.9 Å². The minimum absolute atomic E-state index is 0.0199. The van der Waals surface area contributed by atoms with E-state index in [1.165, 1.54) is 30.3 Å². The lowest BCUT2D eigenvalue weighted by atomic mass is 9.90. The van der Waals surface area contributed by atoms with Gasteiger partial charge in [-0.15, -0.1) is 0 Å². The molecular weight excluding hydrogens is 556 g/mol. The molecule has 12 heteroatoms. The second kappa shape index (κ2) is 13.9. The quantitative estimate of drug-likeness (QED) is 0.0891. The van der Waals surface area contributed by atoms with Crippen LogP contribution in [0.15, 0.2) is 63.8 Å². The lowest BCUT2D eigenvalue weighted by molar-refractivity contribution is -0.127. The van der Waals surface area contributed by atoms with Gasteiger partial charge < -0.3 is 31.2 Å². The monoisotopic (exact) mass is 586 g/mol. The van der Waals surface area contributed by atoms with Crippen LogP contribution in [0.25, 0.3) is 33.4 Å². The Morgan fingerprint density at radius 2 is 1.60 bits per heavy atom. The fraction of sp³-hybridized carbons (Fsp3) is 0.226. The lowest BCUT2D eigenvalue weighted by Gasteiger charge is -2.17. The SMILES string of the molecule is NC(=O)CNC(=O)CNC(=O)CCCCCNC(=O)c1ccc(-c2c3ccc(=O)cc-3oc3cc(O)ccc23)c(C=O)c1. The highest BCUT2D eigenvalue weighted by molar-refractivity contribution is 6.07. The van der Waals surface area contributed by atoms with Crippen LogP contribution in [0.4, 0.5) is 0 Å². The van der Waals surface area contributed by atoms with Gasteiger partial charge in [0.2, 0.25) is 17.7 Å². The number of nitrogens with one attached hydrogen (secondary N) is 3. The van der Waals surface area contributed by atoms with E-state index >= 15 is 0 Å². The van der Waals surface area contributed by atoms with Gasteiger partial charge in [0.05, 0.1) is 13.1 Å². The molecular formula is C31H30N4O8. The van der Waals surface area contributed by atoms with Crippen LogP contribution in [0.1, 0.15) is 46.4 Å². The van der Waals surface area contributed by atoms with Gasteiger partial charge in [-0.3, -0.25) is 28.8 Å². The molecule has 2 aromatic carbocycles. The summed E-state index contributed by atoms with van der Waals surface area (Å²) in [6, 6.07) is 13.7. The number of aromatic hydroxyl groups is 1. The van der Waals surface area contributed by atoms with Crippen molar-refractivity contribution in [1.82, 2.24) is 16.0 Å². The van der Waals surface area contributed by atoms with E-state index in [1.54, 1.807) is 24.3 Å². The molecule has 0 radical (unpaired) electrons. The van der Waals surface area contributed by atoms with E-state index in [-0.39, 0.29) is 53.6 Å². The van der Waals surface area contributed by atoms with E-state index < -0.39 is 11.8 Å². The first-order valence-corrected chi connectivity index (χ1v) is 13.6. The largest absolute Gasteiger partial charge is 0.508 e. The minimum atomic E-state index is -0.678. The summed E-state index contributed by atoms with van der Waals surface area (Å²) in [5.74, 6) is -1.59. The molecule has 0 aromatic heterocycles. The number of rotatable bonds is 13. The topological polar surface area (TPSA) is 198 Å². The van der Waals surface area contributed by atoms with Crippen LogP contribution < -0.4 is 27.1 Å². The molecule has 4 rings (SSSR count). The maximum atomic E-state index is 12.8. The fourth-order valence-electron chi connectivity index (χ4n) is 4.59. The molecule has 2 aromatic rings. The van der Waals surface area contributed by atoms with Crippen molar-refractivity contribution in [3.05, 3.63) is 75.9 Å². The van der Waals surface area contributed by atoms with Gasteiger partial charge in [0, 0.05) is 52.7 Å². The molecule has 0 saturated carbocycles. The van der Waals surface area contributed by atoms with Gasteiger partial charge in [-0.05, 0) is 54.8 Å². The Kier molecular flexibility index (Phi) is 9.84. The molecule has 1 aliphatic heterocycles. The lowest BCUT2D eigenvalue weighted by Crippen LogP contribution is -2.40. The standard InChI is InChI=1S/C31H30N4O8/c32-27(39)15-34-29(41)16-35-28(40)4-2-1-3-11-33-31(42)18-5-8-22(19(12-18)17-36)30-23-9-6-20(37)13-25(23)43-26-14-21(38)7-10-24(26)30/h5-10,12-14,17,37H,1-4,11,15-16H2,(H2,32,39)(H,33,42)(H,34,41)(H,35,40). The number of carbonyl (C=O) groups excluding carboxylic acids is 5. The number of amides is 4. The Hall–Kier alpha value is -5.52. The third-order valence-electron chi connectivity index (χ3n) is 6.66. The first kappa shape index (κ1) is 30.4. The Bertz CT molecular complexity index is 1730. The molecule has 4 amide bonds. The van der Waals surface area contributed by atoms with Crippen molar-refractivity contribution in [2.24, 2.45) is 5.73 Å². The summed E-state index contributed by atoms with van der Waals surface area (Å²) in [6.07, 6.45) is 2.66. The summed E-state index contributed by atoms with van der Waals surface area (Å²) in [4.78, 5) is 71.0. The Labute approximate surface area is 245 Å². The summed E-state index contributed by atoms with van der Waals surface area (Å²) in [7, 11) is 0. The molecule has 12 nitrogen and oxygen atoms in total. The van der Waals surface area contributed by atoms with Crippen LogP contribution in [0.2, 0.25) is 0 Å². The van der Waals surface area contributed by atoms with Gasteiger partial charge in [0.1, 0.15) is 17.1 Å². The van der Waals surface area contributed by atoms with Crippen LogP contribution >= 0.6 is 0 Å². The van der Waals surface area contributed by atoms with Crippen molar-refractivity contribution in [1.29, 1.82) is 0 Å². The van der Waals surface area contributed by atoms with Crippen molar-refractivity contribution in [3.63, 3.8) is 0 Å². The number of phenols is 1.